The van der Waals surface area contributed by atoms with E-state index in [0.29, 0.717) is 17.1 Å². The predicted octanol–water partition coefficient (Wildman–Crippen LogP) is 4.12. The Balaban J connectivity index is 1.85. The first-order chi connectivity index (χ1) is 15.7. The number of phenolic OH excluding ortho intramolecular Hbond substituents is 2. The lowest BCUT2D eigenvalue weighted by molar-refractivity contribution is 0.264. The third-order valence-electron chi connectivity index (χ3n) is 6.13. The van der Waals surface area contributed by atoms with Crippen molar-refractivity contribution in [2.24, 2.45) is 0 Å². The highest BCUT2D eigenvalue weighted by Crippen LogP contribution is 2.40. The monoisotopic (exact) mass is 474 g/mol. The SMILES string of the molecule is CC(C)c1nnc2c(NCc3c(O)cc(Cl)cc3O)nc(N3CCCC3CO)n(C(C)C)c1-2. The third-order valence-corrected chi connectivity index (χ3v) is 6.34. The molecule has 1 aromatic carbocycles. The zero-order valence-corrected chi connectivity index (χ0v) is 20.1. The molecule has 9 nitrogen and oxygen atoms in total. The number of aromatic hydroxyl groups is 2. The van der Waals surface area contributed by atoms with Crippen LogP contribution in [0.2, 0.25) is 5.02 Å². The molecule has 10 heteroatoms. The first-order valence-corrected chi connectivity index (χ1v) is 11.7. The van der Waals surface area contributed by atoms with E-state index in [4.69, 9.17) is 16.6 Å². The second-order valence-electron chi connectivity index (χ2n) is 9.11. The lowest BCUT2D eigenvalue weighted by atomic mass is 10.1. The summed E-state index contributed by atoms with van der Waals surface area (Å²) >= 11 is 5.92. The normalized spacial score (nSPS) is 16.5. The highest BCUT2D eigenvalue weighted by atomic mass is 35.5. The van der Waals surface area contributed by atoms with E-state index in [1.165, 1.54) is 12.1 Å². The molecule has 0 bridgehead atoms. The molecule has 3 heterocycles. The van der Waals surface area contributed by atoms with E-state index in [-0.39, 0.29) is 47.7 Å². The van der Waals surface area contributed by atoms with Gasteiger partial charge in [0.05, 0.1) is 29.6 Å². The lowest BCUT2D eigenvalue weighted by Crippen LogP contribution is -2.36. The molecule has 0 spiro atoms. The Morgan fingerprint density at radius 1 is 1.15 bits per heavy atom. The van der Waals surface area contributed by atoms with Crippen molar-refractivity contribution in [2.45, 2.75) is 65.1 Å². The average Bonchev–Trinajstić information content (AvgIpc) is 3.39. The van der Waals surface area contributed by atoms with Crippen LogP contribution in [0.1, 0.15) is 63.8 Å². The Morgan fingerprint density at radius 2 is 1.85 bits per heavy atom. The maximum absolute atomic E-state index is 10.3. The van der Waals surface area contributed by atoms with Gasteiger partial charge in [0.15, 0.2) is 11.5 Å². The Kier molecular flexibility index (Phi) is 6.54. The molecule has 178 valence electrons. The van der Waals surface area contributed by atoms with Gasteiger partial charge in [-0.1, -0.05) is 25.4 Å². The first-order valence-electron chi connectivity index (χ1n) is 11.3. The molecule has 1 unspecified atom stereocenters. The van der Waals surface area contributed by atoms with Crippen molar-refractivity contribution in [1.29, 1.82) is 0 Å². The standard InChI is InChI=1S/C23H31ClN6O3/c1-12(2)19-21-20(28-27-19)22(25-10-16-17(32)8-14(24)9-18(16)33)26-23(30(21)13(3)4)29-7-5-6-15(29)11-31/h8-9,12-13,15,25,31-33H,5-7,10-11H2,1-4H3. The number of fused-ring (bicyclic) bond motifs is 1. The maximum atomic E-state index is 10.3. The van der Waals surface area contributed by atoms with Crippen LogP contribution in [0, 0.1) is 0 Å². The highest BCUT2D eigenvalue weighted by molar-refractivity contribution is 6.30. The number of rotatable bonds is 7. The van der Waals surface area contributed by atoms with Crippen molar-refractivity contribution >= 4 is 23.4 Å². The average molecular weight is 475 g/mol. The van der Waals surface area contributed by atoms with Gasteiger partial charge in [-0.15, -0.1) is 5.10 Å². The number of anilines is 2. The number of aliphatic hydroxyl groups excluding tert-OH is 1. The molecule has 33 heavy (non-hydrogen) atoms. The number of hydrogen-bond acceptors (Lipinski definition) is 8. The van der Waals surface area contributed by atoms with Gasteiger partial charge in [0.25, 0.3) is 0 Å². The number of aromatic nitrogens is 4. The molecule has 1 aromatic rings. The van der Waals surface area contributed by atoms with E-state index >= 15 is 0 Å². The molecule has 1 fully saturated rings. The fraction of sp³-hybridized carbons (Fsp3) is 0.522. The number of aliphatic hydroxyl groups is 1. The minimum absolute atomic E-state index is 0.00413. The number of nitrogens with one attached hydrogen (secondary N) is 1. The van der Waals surface area contributed by atoms with Crippen molar-refractivity contribution in [3.05, 3.63) is 28.4 Å². The summed E-state index contributed by atoms with van der Waals surface area (Å²) in [6.07, 6.45) is 1.88. The Morgan fingerprint density at radius 3 is 2.45 bits per heavy atom. The second kappa shape index (κ2) is 9.23. The summed E-state index contributed by atoms with van der Waals surface area (Å²) in [7, 11) is 0. The van der Waals surface area contributed by atoms with Crippen LogP contribution in [0.15, 0.2) is 12.1 Å². The topological polar surface area (TPSA) is 120 Å². The second-order valence-corrected chi connectivity index (χ2v) is 9.55. The van der Waals surface area contributed by atoms with Gasteiger partial charge in [-0.3, -0.25) is 0 Å². The summed E-state index contributed by atoms with van der Waals surface area (Å²) in [6, 6.07) is 2.87. The minimum atomic E-state index is -0.103. The van der Waals surface area contributed by atoms with Crippen LogP contribution in [0.3, 0.4) is 0 Å². The first kappa shape index (κ1) is 23.4. The lowest BCUT2D eigenvalue weighted by Gasteiger charge is -2.31. The number of halogens is 1. The zero-order chi connectivity index (χ0) is 23.9. The van der Waals surface area contributed by atoms with Crippen LogP contribution >= 0.6 is 11.6 Å². The van der Waals surface area contributed by atoms with Crippen LogP contribution in [0.4, 0.5) is 11.8 Å². The molecule has 0 aliphatic carbocycles. The molecule has 4 rings (SSSR count). The summed E-state index contributed by atoms with van der Waals surface area (Å²) in [4.78, 5) is 7.09. The van der Waals surface area contributed by atoms with Crippen LogP contribution in [0.25, 0.3) is 11.4 Å². The number of benzene rings is 1. The number of nitrogens with zero attached hydrogens (tertiary/aromatic N) is 5. The summed E-state index contributed by atoms with van der Waals surface area (Å²) in [5, 5.41) is 42.9. The molecule has 0 aromatic heterocycles. The molecule has 0 radical (unpaired) electrons. The van der Waals surface area contributed by atoms with Crippen LogP contribution < -0.4 is 10.2 Å². The third kappa shape index (κ3) is 4.27. The van der Waals surface area contributed by atoms with E-state index in [0.717, 1.165) is 36.7 Å². The molecule has 4 N–H and O–H groups in total. The minimum Gasteiger partial charge on any atom is -0.507 e. The van der Waals surface area contributed by atoms with E-state index in [1.807, 2.05) is 0 Å². The van der Waals surface area contributed by atoms with Crippen molar-refractivity contribution in [2.75, 3.05) is 23.4 Å². The van der Waals surface area contributed by atoms with Crippen molar-refractivity contribution in [1.82, 2.24) is 19.7 Å². The van der Waals surface area contributed by atoms with Gasteiger partial charge in [0, 0.05) is 24.2 Å². The number of phenols is 2. The Bertz CT molecular complexity index is 1090. The maximum Gasteiger partial charge on any atom is 0.208 e. The van der Waals surface area contributed by atoms with Crippen molar-refractivity contribution < 1.29 is 15.3 Å². The quantitative estimate of drug-likeness (QED) is 0.403. The Labute approximate surface area is 198 Å². The molecule has 1 atom stereocenters. The fourth-order valence-electron chi connectivity index (χ4n) is 4.48. The zero-order valence-electron chi connectivity index (χ0n) is 19.4. The van der Waals surface area contributed by atoms with Gasteiger partial charge < -0.3 is 30.1 Å². The molecule has 3 aliphatic rings. The highest BCUT2D eigenvalue weighted by Gasteiger charge is 2.33. The van der Waals surface area contributed by atoms with Gasteiger partial charge >= 0.3 is 0 Å². The van der Waals surface area contributed by atoms with Crippen LogP contribution in [-0.2, 0) is 6.54 Å². The fourth-order valence-corrected chi connectivity index (χ4v) is 4.68. The van der Waals surface area contributed by atoms with Gasteiger partial charge in [0.2, 0.25) is 5.95 Å². The molecular formula is C23H31ClN6O3. The largest absolute Gasteiger partial charge is 0.507 e. The van der Waals surface area contributed by atoms with E-state index in [9.17, 15) is 15.3 Å². The predicted molar refractivity (Wildman–Crippen MR) is 128 cm³/mol. The van der Waals surface area contributed by atoms with E-state index in [1.54, 1.807) is 0 Å². The Hall–Kier alpha value is -2.78. The molecule has 0 saturated carbocycles. The van der Waals surface area contributed by atoms with Crippen molar-refractivity contribution in [3.63, 3.8) is 0 Å². The molecule has 1 saturated heterocycles. The summed E-state index contributed by atoms with van der Waals surface area (Å²) in [5.41, 5.74) is 2.72. The van der Waals surface area contributed by atoms with Crippen LogP contribution in [0.5, 0.6) is 11.5 Å². The number of hydrogen-bond donors (Lipinski definition) is 4. The van der Waals surface area contributed by atoms with Gasteiger partial charge in [0.1, 0.15) is 11.5 Å². The smallest absolute Gasteiger partial charge is 0.208 e. The summed E-state index contributed by atoms with van der Waals surface area (Å²) in [6.45, 7) is 9.34. The summed E-state index contributed by atoms with van der Waals surface area (Å²) < 4.78 is 2.15. The van der Waals surface area contributed by atoms with Crippen LogP contribution in [-0.4, -0.2) is 54.3 Å². The van der Waals surface area contributed by atoms with Gasteiger partial charge in [-0.2, -0.15) is 10.1 Å². The summed E-state index contributed by atoms with van der Waals surface area (Å²) in [5.74, 6) is 1.20. The molecular weight excluding hydrogens is 444 g/mol. The molecule has 3 aliphatic heterocycles. The van der Waals surface area contributed by atoms with Crippen molar-refractivity contribution in [3.8, 4) is 22.9 Å². The van der Waals surface area contributed by atoms with Gasteiger partial charge in [-0.25, -0.2) is 0 Å². The van der Waals surface area contributed by atoms with E-state index < -0.39 is 0 Å². The van der Waals surface area contributed by atoms with E-state index in [2.05, 4.69) is 52.7 Å². The molecule has 0 amide bonds. The van der Waals surface area contributed by atoms with Gasteiger partial charge in [-0.05, 0) is 44.7 Å².